The Hall–Kier alpha value is -3.19. The minimum atomic E-state index is -0.733. The van der Waals surface area contributed by atoms with Gasteiger partial charge in [-0.3, -0.25) is 14.6 Å². The van der Waals surface area contributed by atoms with E-state index in [-0.39, 0.29) is 18.7 Å². The highest BCUT2D eigenvalue weighted by molar-refractivity contribution is 6.16. The van der Waals surface area contributed by atoms with Crippen molar-refractivity contribution < 1.29 is 24.2 Å². The Morgan fingerprint density at radius 1 is 1.26 bits per heavy atom. The molecular formula is C24H28N2O5. The molecule has 1 aliphatic heterocycles. The number of ether oxygens (including phenoxy) is 2. The van der Waals surface area contributed by atoms with Crippen molar-refractivity contribution in [1.29, 1.82) is 0 Å². The van der Waals surface area contributed by atoms with Crippen molar-refractivity contribution in [3.05, 3.63) is 70.7 Å². The van der Waals surface area contributed by atoms with Crippen molar-refractivity contribution in [2.24, 2.45) is 0 Å². The van der Waals surface area contributed by atoms with Crippen molar-refractivity contribution in [1.82, 2.24) is 9.88 Å². The molecule has 164 valence electrons. The molecule has 0 radical (unpaired) electrons. The largest absolute Gasteiger partial charge is 0.503 e. The van der Waals surface area contributed by atoms with Crippen LogP contribution in [0.2, 0.25) is 0 Å². The van der Waals surface area contributed by atoms with Gasteiger partial charge in [0, 0.05) is 31.6 Å². The monoisotopic (exact) mass is 424 g/mol. The van der Waals surface area contributed by atoms with Crippen molar-refractivity contribution in [3.8, 4) is 5.75 Å². The van der Waals surface area contributed by atoms with E-state index in [1.54, 1.807) is 42.7 Å². The number of aliphatic hydroxyl groups excluding tert-OH is 1. The summed E-state index contributed by atoms with van der Waals surface area (Å²) in [5.74, 6) is -0.824. The number of unbranched alkanes of at least 4 members (excludes halogenated alkanes) is 1. The average molecular weight is 424 g/mol. The van der Waals surface area contributed by atoms with Crippen LogP contribution in [0.25, 0.3) is 0 Å². The smallest absolute Gasteiger partial charge is 0.290 e. The van der Waals surface area contributed by atoms with Crippen LogP contribution in [0.3, 0.4) is 0 Å². The lowest BCUT2D eigenvalue weighted by Gasteiger charge is -2.26. The zero-order valence-electron chi connectivity index (χ0n) is 18.1. The summed E-state index contributed by atoms with van der Waals surface area (Å²) >= 11 is 0. The molecule has 1 atom stereocenters. The molecule has 0 saturated heterocycles. The number of pyridine rings is 1. The Morgan fingerprint density at radius 3 is 2.71 bits per heavy atom. The Kier molecular flexibility index (Phi) is 7.41. The molecule has 2 aromatic rings. The predicted molar refractivity (Wildman–Crippen MR) is 116 cm³/mol. The number of Topliss-reactive ketones (excluding diaryl/α,β-unsaturated/α-hetero) is 1. The van der Waals surface area contributed by atoms with Crippen molar-refractivity contribution in [2.75, 3.05) is 26.9 Å². The molecule has 1 aliphatic rings. The van der Waals surface area contributed by atoms with Gasteiger partial charge in [0.2, 0.25) is 0 Å². The van der Waals surface area contributed by atoms with E-state index in [9.17, 15) is 14.7 Å². The molecule has 0 aliphatic carbocycles. The third kappa shape index (κ3) is 4.77. The molecule has 1 unspecified atom stereocenters. The summed E-state index contributed by atoms with van der Waals surface area (Å²) in [5.41, 5.74) is 1.83. The molecule has 2 heterocycles. The number of carbonyl (C=O) groups excluding carboxylic acids is 2. The Balaban J connectivity index is 1.96. The molecule has 1 aromatic carbocycles. The number of carbonyl (C=O) groups is 2. The second kappa shape index (κ2) is 10.2. The number of aliphatic hydroxyl groups is 1. The molecular weight excluding hydrogens is 396 g/mol. The minimum Gasteiger partial charge on any atom is -0.503 e. The zero-order valence-corrected chi connectivity index (χ0v) is 18.1. The van der Waals surface area contributed by atoms with E-state index in [4.69, 9.17) is 9.47 Å². The average Bonchev–Trinajstić information content (AvgIpc) is 3.03. The first-order valence-electron chi connectivity index (χ1n) is 10.4. The number of aromatic nitrogens is 1. The van der Waals surface area contributed by atoms with Gasteiger partial charge in [0.25, 0.3) is 5.91 Å². The zero-order chi connectivity index (χ0) is 22.4. The van der Waals surface area contributed by atoms with E-state index in [2.05, 4.69) is 11.9 Å². The molecule has 0 bridgehead atoms. The van der Waals surface area contributed by atoms with Crippen LogP contribution in [0, 0.1) is 6.92 Å². The lowest BCUT2D eigenvalue weighted by molar-refractivity contribution is -0.130. The summed E-state index contributed by atoms with van der Waals surface area (Å²) in [6.07, 6.45) is 5.20. The molecule has 3 rings (SSSR count). The number of methoxy groups -OCH3 is 1. The van der Waals surface area contributed by atoms with Crippen LogP contribution in [0.15, 0.2) is 54.1 Å². The number of hydrogen-bond acceptors (Lipinski definition) is 6. The lowest BCUT2D eigenvalue weighted by atomic mass is 9.91. The Morgan fingerprint density at radius 2 is 2.06 bits per heavy atom. The van der Waals surface area contributed by atoms with Crippen molar-refractivity contribution >= 4 is 11.7 Å². The summed E-state index contributed by atoms with van der Waals surface area (Å²) < 4.78 is 10.8. The van der Waals surface area contributed by atoms with Crippen LogP contribution >= 0.6 is 0 Å². The number of rotatable bonds is 10. The molecule has 31 heavy (non-hydrogen) atoms. The standard InChI is InChI=1S/C24H28N2O5/c1-4-5-12-31-18-8-9-19(16(2)14-18)22(27)20-21(17-7-6-10-25-15-17)26(11-13-30-3)24(29)23(20)28/h6-10,14-15,21,28H,4-5,11-13H2,1-3H3. The molecule has 1 N–H and O–H groups in total. The third-order valence-electron chi connectivity index (χ3n) is 5.29. The summed E-state index contributed by atoms with van der Waals surface area (Å²) in [5, 5.41) is 10.7. The lowest BCUT2D eigenvalue weighted by Crippen LogP contribution is -2.34. The van der Waals surface area contributed by atoms with E-state index in [1.807, 2.05) is 6.92 Å². The van der Waals surface area contributed by atoms with Gasteiger partial charge in [0.1, 0.15) is 5.75 Å². The summed E-state index contributed by atoms with van der Waals surface area (Å²) in [4.78, 5) is 31.9. The maximum atomic E-state index is 13.5. The first kappa shape index (κ1) is 22.5. The number of hydrogen-bond donors (Lipinski definition) is 1. The molecule has 0 spiro atoms. The van der Waals surface area contributed by atoms with Gasteiger partial charge in [-0.25, -0.2) is 0 Å². The minimum absolute atomic E-state index is 0.0526. The highest BCUT2D eigenvalue weighted by Crippen LogP contribution is 2.39. The normalized spacial score (nSPS) is 16.2. The van der Waals surface area contributed by atoms with Crippen LogP contribution in [-0.2, 0) is 9.53 Å². The van der Waals surface area contributed by atoms with Gasteiger partial charge in [-0.15, -0.1) is 0 Å². The molecule has 7 nitrogen and oxygen atoms in total. The summed E-state index contributed by atoms with van der Waals surface area (Å²) in [7, 11) is 1.53. The highest BCUT2D eigenvalue weighted by atomic mass is 16.5. The number of nitrogens with zero attached hydrogens (tertiary/aromatic N) is 2. The van der Waals surface area contributed by atoms with Gasteiger partial charge < -0.3 is 19.5 Å². The number of amides is 1. The van der Waals surface area contributed by atoms with Crippen molar-refractivity contribution in [3.63, 3.8) is 0 Å². The fourth-order valence-electron chi connectivity index (χ4n) is 3.65. The third-order valence-corrected chi connectivity index (χ3v) is 5.29. The highest BCUT2D eigenvalue weighted by Gasteiger charge is 2.43. The fourth-order valence-corrected chi connectivity index (χ4v) is 3.65. The van der Waals surface area contributed by atoms with Gasteiger partial charge in [0.05, 0.1) is 24.8 Å². The second-order valence-electron chi connectivity index (χ2n) is 7.45. The summed E-state index contributed by atoms with van der Waals surface area (Å²) in [6.45, 7) is 5.03. The van der Waals surface area contributed by atoms with E-state index in [1.165, 1.54) is 12.0 Å². The molecule has 0 fully saturated rings. The van der Waals surface area contributed by atoms with E-state index in [0.29, 0.717) is 29.0 Å². The van der Waals surface area contributed by atoms with Crippen LogP contribution in [0.4, 0.5) is 0 Å². The van der Waals surface area contributed by atoms with Crippen LogP contribution < -0.4 is 4.74 Å². The maximum Gasteiger partial charge on any atom is 0.290 e. The van der Waals surface area contributed by atoms with E-state index < -0.39 is 23.5 Å². The fraction of sp³-hybridized carbons (Fsp3) is 0.375. The quantitative estimate of drug-likeness (QED) is 0.461. The first-order valence-corrected chi connectivity index (χ1v) is 10.4. The van der Waals surface area contributed by atoms with Gasteiger partial charge in [0.15, 0.2) is 11.5 Å². The molecule has 1 aromatic heterocycles. The number of ketones is 1. The first-order chi connectivity index (χ1) is 15.0. The number of aryl methyl sites for hydroxylation is 1. The topological polar surface area (TPSA) is 89.0 Å². The van der Waals surface area contributed by atoms with Gasteiger partial charge in [-0.1, -0.05) is 19.4 Å². The van der Waals surface area contributed by atoms with E-state index >= 15 is 0 Å². The summed E-state index contributed by atoms with van der Waals surface area (Å²) in [6, 6.07) is 8.02. The van der Waals surface area contributed by atoms with Crippen LogP contribution in [0.5, 0.6) is 5.75 Å². The maximum absolute atomic E-state index is 13.5. The second-order valence-corrected chi connectivity index (χ2v) is 7.45. The van der Waals surface area contributed by atoms with Crippen LogP contribution in [-0.4, -0.2) is 53.5 Å². The van der Waals surface area contributed by atoms with Gasteiger partial charge in [-0.05, 0) is 48.7 Å². The molecule has 7 heteroatoms. The van der Waals surface area contributed by atoms with Crippen molar-refractivity contribution in [2.45, 2.75) is 32.7 Å². The van der Waals surface area contributed by atoms with Gasteiger partial charge >= 0.3 is 0 Å². The number of benzene rings is 1. The Labute approximate surface area is 182 Å². The molecule has 1 amide bonds. The van der Waals surface area contributed by atoms with E-state index in [0.717, 1.165) is 12.8 Å². The van der Waals surface area contributed by atoms with Crippen LogP contribution in [0.1, 0.15) is 47.3 Å². The Bertz CT molecular complexity index is 971. The SMILES string of the molecule is CCCCOc1ccc(C(=O)C2=C(O)C(=O)N(CCOC)C2c2cccnc2)c(C)c1. The molecule has 0 saturated carbocycles. The predicted octanol–water partition coefficient (Wildman–Crippen LogP) is 3.79. The van der Waals surface area contributed by atoms with Gasteiger partial charge in [-0.2, -0.15) is 0 Å².